The maximum atomic E-state index is 11.2. The van der Waals surface area contributed by atoms with E-state index in [1.807, 2.05) is 6.07 Å². The minimum absolute atomic E-state index is 0.0956. The van der Waals surface area contributed by atoms with E-state index >= 15 is 0 Å². The number of benzene rings is 1. The molecule has 1 aromatic rings. The van der Waals surface area contributed by atoms with Crippen LogP contribution in [0.25, 0.3) is 0 Å². The summed E-state index contributed by atoms with van der Waals surface area (Å²) in [7, 11) is 2.80. The Morgan fingerprint density at radius 3 is 2.65 bits per heavy atom. The summed E-state index contributed by atoms with van der Waals surface area (Å²) in [5.74, 6) is 0.118. The van der Waals surface area contributed by atoms with Crippen LogP contribution in [-0.2, 0) is 22.5 Å². The Labute approximate surface area is 99.7 Å². The Morgan fingerprint density at radius 1 is 1.47 bits per heavy atom. The highest BCUT2D eigenvalue weighted by molar-refractivity contribution is 5.74. The molecule has 0 unspecified atom stereocenters. The number of hydrogen-bond acceptors (Lipinski definition) is 5. The molecule has 5 heteroatoms. The van der Waals surface area contributed by atoms with Gasteiger partial charge < -0.3 is 15.2 Å². The number of nitrogens with zero attached hydrogens (tertiary/aromatic N) is 1. The molecule has 1 aromatic carbocycles. The summed E-state index contributed by atoms with van der Waals surface area (Å²) in [6, 6.07) is 5.34. The Kier molecular flexibility index (Phi) is 4.49. The number of rotatable bonds is 4. The molecule has 0 saturated carbocycles. The molecule has 0 heterocycles. The summed E-state index contributed by atoms with van der Waals surface area (Å²) >= 11 is 0. The molecule has 0 fully saturated rings. The number of esters is 1. The van der Waals surface area contributed by atoms with E-state index < -0.39 is 0 Å². The molecule has 5 nitrogen and oxygen atoms in total. The van der Waals surface area contributed by atoms with Gasteiger partial charge in [0.1, 0.15) is 5.75 Å². The first kappa shape index (κ1) is 13.0. The fraction of sp³-hybridized carbons (Fsp3) is 0.333. The number of ether oxygens (including phenoxy) is 2. The third-order valence-corrected chi connectivity index (χ3v) is 2.43. The second kappa shape index (κ2) is 5.87. The average molecular weight is 234 g/mol. The minimum atomic E-state index is -0.365. The van der Waals surface area contributed by atoms with Crippen LogP contribution in [0.5, 0.6) is 5.75 Å². The van der Waals surface area contributed by atoms with Gasteiger partial charge >= 0.3 is 5.97 Å². The van der Waals surface area contributed by atoms with Crippen molar-refractivity contribution in [1.29, 1.82) is 5.26 Å². The highest BCUT2D eigenvalue weighted by atomic mass is 16.5. The van der Waals surface area contributed by atoms with Crippen LogP contribution in [0, 0.1) is 11.3 Å². The molecule has 0 bridgehead atoms. The largest absolute Gasteiger partial charge is 0.496 e. The quantitative estimate of drug-likeness (QED) is 0.776. The monoisotopic (exact) mass is 234 g/mol. The molecule has 0 radical (unpaired) electrons. The molecule has 0 aliphatic heterocycles. The molecule has 90 valence electrons. The van der Waals surface area contributed by atoms with Crippen molar-refractivity contribution in [3.8, 4) is 11.8 Å². The summed E-state index contributed by atoms with van der Waals surface area (Å²) < 4.78 is 9.81. The minimum Gasteiger partial charge on any atom is -0.496 e. The summed E-state index contributed by atoms with van der Waals surface area (Å²) in [5, 5.41) is 8.94. The lowest BCUT2D eigenvalue weighted by molar-refractivity contribution is -0.139. The lowest BCUT2D eigenvalue weighted by Crippen LogP contribution is -2.10. The van der Waals surface area contributed by atoms with Gasteiger partial charge in [-0.15, -0.1) is 0 Å². The first-order chi connectivity index (χ1) is 8.17. The van der Waals surface area contributed by atoms with Gasteiger partial charge in [0.25, 0.3) is 0 Å². The first-order valence-corrected chi connectivity index (χ1v) is 5.03. The Bertz CT molecular complexity index is 464. The number of carbonyl (C=O) groups is 1. The first-order valence-electron chi connectivity index (χ1n) is 5.03. The average Bonchev–Trinajstić information content (AvgIpc) is 2.37. The standard InChI is InChI=1S/C12H14N2O3/c1-16-11(15)5-8-3-4-9(6-13)10(7-14)12(8)17-2/h3-4H,5,7,14H2,1-2H3. The maximum Gasteiger partial charge on any atom is 0.310 e. The Balaban J connectivity index is 3.24. The van der Waals surface area contributed by atoms with Crippen molar-refractivity contribution in [3.63, 3.8) is 0 Å². The van der Waals surface area contributed by atoms with E-state index in [-0.39, 0.29) is 18.9 Å². The van der Waals surface area contributed by atoms with Crippen molar-refractivity contribution in [2.45, 2.75) is 13.0 Å². The summed E-state index contributed by atoms with van der Waals surface area (Å²) in [4.78, 5) is 11.2. The Morgan fingerprint density at radius 2 is 2.18 bits per heavy atom. The van der Waals surface area contributed by atoms with E-state index in [1.165, 1.54) is 14.2 Å². The molecule has 2 N–H and O–H groups in total. The van der Waals surface area contributed by atoms with Crippen LogP contribution >= 0.6 is 0 Å². The van der Waals surface area contributed by atoms with Crippen molar-refractivity contribution < 1.29 is 14.3 Å². The van der Waals surface area contributed by atoms with Gasteiger partial charge in [-0.3, -0.25) is 4.79 Å². The van der Waals surface area contributed by atoms with E-state index in [4.69, 9.17) is 15.7 Å². The van der Waals surface area contributed by atoms with Crippen LogP contribution in [0.15, 0.2) is 12.1 Å². The zero-order valence-electron chi connectivity index (χ0n) is 9.82. The van der Waals surface area contributed by atoms with E-state index in [0.717, 1.165) is 0 Å². The third kappa shape index (κ3) is 2.74. The molecule has 0 atom stereocenters. The van der Waals surface area contributed by atoms with Crippen LogP contribution in [0.2, 0.25) is 0 Å². The van der Waals surface area contributed by atoms with Crippen molar-refractivity contribution in [1.82, 2.24) is 0 Å². The van der Waals surface area contributed by atoms with Crippen LogP contribution in [0.1, 0.15) is 16.7 Å². The molecule has 0 aliphatic rings. The van der Waals surface area contributed by atoms with Gasteiger partial charge in [-0.05, 0) is 6.07 Å². The zero-order chi connectivity index (χ0) is 12.8. The van der Waals surface area contributed by atoms with Crippen LogP contribution in [-0.4, -0.2) is 20.2 Å². The van der Waals surface area contributed by atoms with Gasteiger partial charge in [-0.2, -0.15) is 5.26 Å². The SMILES string of the molecule is COC(=O)Cc1ccc(C#N)c(CN)c1OC. The molecule has 17 heavy (non-hydrogen) atoms. The Hall–Kier alpha value is -2.06. The fourth-order valence-electron chi connectivity index (χ4n) is 1.60. The van der Waals surface area contributed by atoms with E-state index in [9.17, 15) is 4.79 Å². The number of nitriles is 1. The fourth-order valence-corrected chi connectivity index (χ4v) is 1.60. The topological polar surface area (TPSA) is 85.3 Å². The van der Waals surface area contributed by atoms with Crippen molar-refractivity contribution in [2.24, 2.45) is 5.73 Å². The predicted molar refractivity (Wildman–Crippen MR) is 61.3 cm³/mol. The third-order valence-electron chi connectivity index (χ3n) is 2.43. The van der Waals surface area contributed by atoms with Crippen LogP contribution in [0.4, 0.5) is 0 Å². The number of carbonyl (C=O) groups excluding carboxylic acids is 1. The summed E-state index contributed by atoms with van der Waals surface area (Å²) in [6.07, 6.45) is 0.0956. The van der Waals surface area contributed by atoms with Crippen LogP contribution in [0.3, 0.4) is 0 Å². The lowest BCUT2D eigenvalue weighted by Gasteiger charge is -2.13. The van der Waals surface area contributed by atoms with Gasteiger partial charge in [0.2, 0.25) is 0 Å². The highest BCUT2D eigenvalue weighted by Gasteiger charge is 2.15. The second-order valence-corrected chi connectivity index (χ2v) is 3.35. The zero-order valence-corrected chi connectivity index (χ0v) is 9.82. The highest BCUT2D eigenvalue weighted by Crippen LogP contribution is 2.27. The second-order valence-electron chi connectivity index (χ2n) is 3.35. The van der Waals surface area contributed by atoms with Gasteiger partial charge in [0.15, 0.2) is 0 Å². The lowest BCUT2D eigenvalue weighted by atomic mass is 10.0. The number of nitrogens with two attached hydrogens (primary N) is 1. The number of hydrogen-bond donors (Lipinski definition) is 1. The molecular weight excluding hydrogens is 220 g/mol. The summed E-state index contributed by atoms with van der Waals surface area (Å²) in [5.41, 5.74) is 7.32. The molecule has 0 saturated heterocycles. The van der Waals surface area contributed by atoms with Crippen LogP contribution < -0.4 is 10.5 Å². The predicted octanol–water partition coefficient (Wildman–Crippen LogP) is 0.741. The number of methoxy groups -OCH3 is 2. The smallest absolute Gasteiger partial charge is 0.310 e. The van der Waals surface area contributed by atoms with E-state index in [1.54, 1.807) is 12.1 Å². The van der Waals surface area contributed by atoms with Gasteiger partial charge in [0, 0.05) is 17.7 Å². The molecule has 0 amide bonds. The van der Waals surface area contributed by atoms with Crippen molar-refractivity contribution in [2.75, 3.05) is 14.2 Å². The van der Waals surface area contributed by atoms with Gasteiger partial charge in [0.05, 0.1) is 32.3 Å². The van der Waals surface area contributed by atoms with Gasteiger partial charge in [-0.25, -0.2) is 0 Å². The van der Waals surface area contributed by atoms with Crippen molar-refractivity contribution >= 4 is 5.97 Å². The normalized spacial score (nSPS) is 9.53. The van der Waals surface area contributed by atoms with E-state index in [2.05, 4.69) is 4.74 Å². The molecule has 0 spiro atoms. The van der Waals surface area contributed by atoms with Crippen molar-refractivity contribution in [3.05, 3.63) is 28.8 Å². The summed E-state index contributed by atoms with van der Waals surface area (Å²) in [6.45, 7) is 0.182. The van der Waals surface area contributed by atoms with Gasteiger partial charge in [-0.1, -0.05) is 6.07 Å². The molecule has 1 rings (SSSR count). The molecular formula is C12H14N2O3. The molecule has 0 aromatic heterocycles. The molecule has 0 aliphatic carbocycles. The van der Waals surface area contributed by atoms with E-state index in [0.29, 0.717) is 22.4 Å². The maximum absolute atomic E-state index is 11.2.